The van der Waals surface area contributed by atoms with Crippen LogP contribution in [0, 0.1) is 12.7 Å². The number of aryl methyl sites for hydroxylation is 1. The number of carboxylic acids is 1. The number of benzene rings is 1. The number of carboxylic acid groups (broad SMARTS) is 1. The molecule has 0 fully saturated rings. The largest absolute Gasteiger partial charge is 0.480 e. The van der Waals surface area contributed by atoms with E-state index in [-0.39, 0.29) is 19.0 Å². The van der Waals surface area contributed by atoms with Crippen molar-refractivity contribution in [3.05, 3.63) is 29.6 Å². The van der Waals surface area contributed by atoms with Gasteiger partial charge in [-0.15, -0.1) is 0 Å². The van der Waals surface area contributed by atoms with Gasteiger partial charge in [-0.2, -0.15) is 0 Å². The second kappa shape index (κ2) is 6.11. The van der Waals surface area contributed by atoms with Gasteiger partial charge in [-0.1, -0.05) is 6.07 Å². The van der Waals surface area contributed by atoms with Crippen LogP contribution < -0.4 is 5.32 Å². The summed E-state index contributed by atoms with van der Waals surface area (Å²) in [7, 11) is 1.52. The van der Waals surface area contributed by atoms with Gasteiger partial charge in [0, 0.05) is 5.69 Å². The monoisotopic (exact) mass is 254 g/mol. The molecule has 1 aromatic rings. The zero-order chi connectivity index (χ0) is 13.7. The first-order valence-corrected chi connectivity index (χ1v) is 5.35. The van der Waals surface area contributed by atoms with Crippen molar-refractivity contribution in [2.24, 2.45) is 0 Å². The molecule has 2 N–H and O–H groups in total. The molecule has 98 valence electrons. The quantitative estimate of drug-likeness (QED) is 0.825. The molecule has 0 bridgehead atoms. The number of amides is 1. The Morgan fingerprint density at radius 2 is 2.06 bits per heavy atom. The first kappa shape index (κ1) is 14.1. The van der Waals surface area contributed by atoms with E-state index in [2.05, 4.69) is 5.32 Å². The summed E-state index contributed by atoms with van der Waals surface area (Å²) in [6, 6.07) is 4.10. The number of hydrogen-bond acceptors (Lipinski definition) is 3. The minimum Gasteiger partial charge on any atom is -0.480 e. The number of carbonyl (C=O) groups excluding carboxylic acids is 1. The van der Waals surface area contributed by atoms with Crippen molar-refractivity contribution in [2.75, 3.05) is 25.5 Å². The zero-order valence-electron chi connectivity index (χ0n) is 10.2. The van der Waals surface area contributed by atoms with Crippen LogP contribution in [0.25, 0.3) is 0 Å². The second-order valence-corrected chi connectivity index (χ2v) is 4.07. The number of aliphatic carboxylic acids is 1. The van der Waals surface area contributed by atoms with Crippen LogP contribution in [0.1, 0.15) is 5.56 Å². The Balaban J connectivity index is 2.59. The summed E-state index contributed by atoms with van der Waals surface area (Å²) in [4.78, 5) is 23.4. The van der Waals surface area contributed by atoms with Crippen molar-refractivity contribution in [2.45, 2.75) is 6.92 Å². The lowest BCUT2D eigenvalue weighted by atomic mass is 10.2. The highest BCUT2D eigenvalue weighted by Gasteiger charge is 2.11. The summed E-state index contributed by atoms with van der Waals surface area (Å²) in [5.74, 6) is -1.82. The van der Waals surface area contributed by atoms with Crippen molar-refractivity contribution in [1.29, 1.82) is 0 Å². The van der Waals surface area contributed by atoms with E-state index in [9.17, 15) is 14.0 Å². The Bertz CT molecular complexity index is 463. The normalized spacial score (nSPS) is 10.4. The standard InChI is InChI=1S/C12H15FN2O3/c1-8-3-4-9(13)5-10(8)14-11(16)6-15(2)7-12(17)18/h3-5H,6-7H2,1-2H3,(H,14,16)(H,17,18). The topological polar surface area (TPSA) is 69.6 Å². The van der Waals surface area contributed by atoms with Crippen LogP contribution in [0.3, 0.4) is 0 Å². The van der Waals surface area contributed by atoms with Crippen molar-refractivity contribution in [1.82, 2.24) is 4.90 Å². The fourth-order valence-corrected chi connectivity index (χ4v) is 1.45. The van der Waals surface area contributed by atoms with Crippen LogP contribution in [0.15, 0.2) is 18.2 Å². The summed E-state index contributed by atoms with van der Waals surface area (Å²) < 4.78 is 13.0. The van der Waals surface area contributed by atoms with E-state index < -0.39 is 11.8 Å². The average Bonchev–Trinajstić information content (AvgIpc) is 2.21. The minimum absolute atomic E-state index is 0.0672. The van der Waals surface area contributed by atoms with Crippen molar-refractivity contribution < 1.29 is 19.1 Å². The predicted molar refractivity (Wildman–Crippen MR) is 64.9 cm³/mol. The molecule has 0 aliphatic rings. The molecule has 0 unspecified atom stereocenters. The molecule has 0 saturated carbocycles. The van der Waals surface area contributed by atoms with E-state index in [0.29, 0.717) is 5.69 Å². The lowest BCUT2D eigenvalue weighted by Crippen LogP contribution is -2.34. The molecule has 18 heavy (non-hydrogen) atoms. The fraction of sp³-hybridized carbons (Fsp3) is 0.333. The molecule has 0 aromatic heterocycles. The first-order chi connectivity index (χ1) is 8.38. The third-order valence-corrected chi connectivity index (χ3v) is 2.29. The predicted octanol–water partition coefficient (Wildman–Crippen LogP) is 1.09. The van der Waals surface area contributed by atoms with Gasteiger partial charge in [0.15, 0.2) is 0 Å². The van der Waals surface area contributed by atoms with E-state index in [1.165, 1.54) is 24.1 Å². The Morgan fingerprint density at radius 3 is 2.67 bits per heavy atom. The molecular weight excluding hydrogens is 239 g/mol. The van der Waals surface area contributed by atoms with Crippen LogP contribution in [-0.2, 0) is 9.59 Å². The first-order valence-electron chi connectivity index (χ1n) is 5.35. The number of carbonyl (C=O) groups is 2. The highest BCUT2D eigenvalue weighted by molar-refractivity contribution is 5.93. The SMILES string of the molecule is Cc1ccc(F)cc1NC(=O)CN(C)CC(=O)O. The fourth-order valence-electron chi connectivity index (χ4n) is 1.45. The lowest BCUT2D eigenvalue weighted by Gasteiger charge is -2.14. The van der Waals surface area contributed by atoms with Gasteiger partial charge >= 0.3 is 5.97 Å². The Morgan fingerprint density at radius 1 is 1.39 bits per heavy atom. The van der Waals surface area contributed by atoms with Crippen molar-refractivity contribution in [3.8, 4) is 0 Å². The molecule has 1 rings (SSSR count). The average molecular weight is 254 g/mol. The summed E-state index contributed by atoms with van der Waals surface area (Å²) in [5, 5.41) is 11.1. The van der Waals surface area contributed by atoms with Crippen LogP contribution in [0.2, 0.25) is 0 Å². The number of anilines is 1. The number of halogens is 1. The molecule has 0 heterocycles. The Labute approximate surface area is 104 Å². The summed E-state index contributed by atoms with van der Waals surface area (Å²) in [5.41, 5.74) is 1.13. The maximum absolute atomic E-state index is 13.0. The number of nitrogens with zero attached hydrogens (tertiary/aromatic N) is 1. The molecule has 1 amide bonds. The van der Waals surface area contributed by atoms with Crippen LogP contribution in [-0.4, -0.2) is 42.0 Å². The Hall–Kier alpha value is -1.95. The molecule has 0 radical (unpaired) electrons. The molecule has 6 heteroatoms. The molecule has 0 atom stereocenters. The van der Waals surface area contributed by atoms with Gasteiger partial charge in [-0.25, -0.2) is 4.39 Å². The van der Waals surface area contributed by atoms with E-state index in [1.54, 1.807) is 13.0 Å². The maximum Gasteiger partial charge on any atom is 0.317 e. The van der Waals surface area contributed by atoms with Crippen LogP contribution in [0.4, 0.5) is 10.1 Å². The van der Waals surface area contributed by atoms with Gasteiger partial charge in [0.1, 0.15) is 5.82 Å². The molecule has 1 aromatic carbocycles. The highest BCUT2D eigenvalue weighted by Crippen LogP contribution is 2.15. The van der Waals surface area contributed by atoms with Gasteiger partial charge in [0.2, 0.25) is 5.91 Å². The Kier molecular flexibility index (Phi) is 4.79. The third kappa shape index (κ3) is 4.50. The number of nitrogens with one attached hydrogen (secondary N) is 1. The number of rotatable bonds is 5. The maximum atomic E-state index is 13.0. The molecule has 0 spiro atoms. The third-order valence-electron chi connectivity index (χ3n) is 2.29. The van der Waals surface area contributed by atoms with Gasteiger partial charge < -0.3 is 10.4 Å². The van der Waals surface area contributed by atoms with Crippen molar-refractivity contribution in [3.63, 3.8) is 0 Å². The molecule has 0 aliphatic heterocycles. The van der Waals surface area contributed by atoms with Gasteiger partial charge in [-0.05, 0) is 31.7 Å². The van der Waals surface area contributed by atoms with Gasteiger partial charge in [0.05, 0.1) is 13.1 Å². The van der Waals surface area contributed by atoms with E-state index in [4.69, 9.17) is 5.11 Å². The molecule has 0 saturated heterocycles. The van der Waals surface area contributed by atoms with Crippen LogP contribution >= 0.6 is 0 Å². The molecule has 0 aliphatic carbocycles. The van der Waals surface area contributed by atoms with Crippen molar-refractivity contribution >= 4 is 17.6 Å². The number of likely N-dealkylation sites (N-methyl/N-ethyl adjacent to an activating group) is 1. The summed E-state index contributed by atoms with van der Waals surface area (Å²) in [6.45, 7) is 1.45. The molecular formula is C12H15FN2O3. The van der Waals surface area contributed by atoms with E-state index >= 15 is 0 Å². The van der Waals surface area contributed by atoms with E-state index in [1.807, 2.05) is 0 Å². The summed E-state index contributed by atoms with van der Waals surface area (Å²) >= 11 is 0. The van der Waals surface area contributed by atoms with Gasteiger partial charge in [-0.3, -0.25) is 14.5 Å². The smallest absolute Gasteiger partial charge is 0.317 e. The minimum atomic E-state index is -1.01. The van der Waals surface area contributed by atoms with Gasteiger partial charge in [0.25, 0.3) is 0 Å². The van der Waals surface area contributed by atoms with E-state index in [0.717, 1.165) is 5.56 Å². The van der Waals surface area contributed by atoms with Crippen LogP contribution in [0.5, 0.6) is 0 Å². The summed E-state index contributed by atoms with van der Waals surface area (Å²) in [6.07, 6.45) is 0. The second-order valence-electron chi connectivity index (χ2n) is 4.07. The zero-order valence-corrected chi connectivity index (χ0v) is 10.2. The highest BCUT2D eigenvalue weighted by atomic mass is 19.1. The lowest BCUT2D eigenvalue weighted by molar-refractivity contribution is -0.138. The molecule has 5 nitrogen and oxygen atoms in total. The number of hydrogen-bond donors (Lipinski definition) is 2.